The molecule has 1 heterocycles. The highest BCUT2D eigenvalue weighted by Crippen LogP contribution is 2.47. The maximum Gasteiger partial charge on any atom is 0.322 e. The molecule has 2 amide bonds. The topological polar surface area (TPSA) is 142 Å². The van der Waals surface area contributed by atoms with Crippen molar-refractivity contribution in [3.05, 3.63) is 78.2 Å². The Hall–Kier alpha value is -4.03. The molecule has 0 fully saturated rings. The van der Waals surface area contributed by atoms with Gasteiger partial charge in [-0.3, -0.25) is 14.4 Å². The number of fused-ring (bicyclic) bond motifs is 1. The summed E-state index contributed by atoms with van der Waals surface area (Å²) >= 11 is 1.20. The second-order valence-corrected chi connectivity index (χ2v) is 14.6. The number of carboxylic acid groups (broad SMARTS) is 1. The van der Waals surface area contributed by atoms with Gasteiger partial charge in [-0.1, -0.05) is 88.0 Å². The minimum atomic E-state index is -4.09. The molecule has 10 nitrogen and oxygen atoms in total. The molecule has 0 bridgehead atoms. The van der Waals surface area contributed by atoms with Gasteiger partial charge < -0.3 is 25.4 Å². The number of sulfone groups is 1. The number of carbonyl (C=O) groups excluding carboxylic acids is 2. The molecule has 0 saturated heterocycles. The molecule has 4 rings (SSSR count). The van der Waals surface area contributed by atoms with Gasteiger partial charge in [0.05, 0.1) is 28.1 Å². The van der Waals surface area contributed by atoms with Crippen LogP contribution in [-0.4, -0.2) is 63.0 Å². The van der Waals surface area contributed by atoms with E-state index in [9.17, 15) is 22.8 Å². The van der Waals surface area contributed by atoms with Gasteiger partial charge in [-0.2, -0.15) is 0 Å². The van der Waals surface area contributed by atoms with E-state index < -0.39 is 82.4 Å². The molecule has 3 aromatic carbocycles. The highest BCUT2D eigenvalue weighted by molar-refractivity contribution is 7.98. The van der Waals surface area contributed by atoms with E-state index in [0.29, 0.717) is 23.3 Å². The molecule has 0 radical (unpaired) electrons. The third-order valence-electron chi connectivity index (χ3n) is 8.21. The number of para-hydroxylation sites is 1. The Morgan fingerprint density at radius 3 is 2.33 bits per heavy atom. The van der Waals surface area contributed by atoms with Crippen LogP contribution in [-0.2, 0) is 24.2 Å². The van der Waals surface area contributed by atoms with Crippen LogP contribution in [0.4, 0.5) is 11.4 Å². The van der Waals surface area contributed by atoms with Gasteiger partial charge in [0.15, 0.2) is 16.4 Å². The minimum absolute atomic E-state index is 0.0530. The highest BCUT2D eigenvalue weighted by atomic mass is 32.2. The molecule has 48 heavy (non-hydrogen) atoms. The Balaban J connectivity index is 1.80. The van der Waals surface area contributed by atoms with Crippen molar-refractivity contribution < 1.29 is 39.5 Å². The third kappa shape index (κ3) is 9.31. The van der Waals surface area contributed by atoms with Gasteiger partial charge in [0.2, 0.25) is 5.91 Å². The highest BCUT2D eigenvalue weighted by Gasteiger charge is 2.42. The monoisotopic (exact) mass is 700 g/mol. The van der Waals surface area contributed by atoms with Crippen LogP contribution in [0.15, 0.2) is 82.5 Å². The third-order valence-corrected chi connectivity index (χ3v) is 11.0. The zero-order valence-corrected chi connectivity index (χ0v) is 29.0. The first-order valence-corrected chi connectivity index (χ1v) is 18.7. The molecule has 3 aromatic rings. The molecule has 1 aliphatic rings. The number of hydrogen-bond acceptors (Lipinski definition) is 8. The number of anilines is 2. The summed E-state index contributed by atoms with van der Waals surface area (Å²) in [5.41, 5.74) is -0.410. The molecule has 12 heteroatoms. The Morgan fingerprint density at radius 1 is 1.06 bits per heavy atom. The predicted octanol–water partition coefficient (Wildman–Crippen LogP) is 6.14. The van der Waals surface area contributed by atoms with Crippen LogP contribution < -0.4 is 20.3 Å². The van der Waals surface area contributed by atoms with E-state index >= 15 is 0 Å². The summed E-state index contributed by atoms with van der Waals surface area (Å²) in [6.45, 7) is 2.82. The summed E-state index contributed by atoms with van der Waals surface area (Å²) in [5, 5.41) is 13.9. The number of thioether (sulfide) groups is 1. The normalized spacial score (nSPS) is 16.9. The van der Waals surface area contributed by atoms with Crippen molar-refractivity contribution in [3.63, 3.8) is 0 Å². The number of aliphatic carboxylic acids is 1. The molecule has 3 N–H and O–H groups in total. The molecule has 1 aliphatic heterocycles. The standard InChI is InChI=1S/C36H45N3O7S2/c1-4-6-18-36(19-7-5-2)24-39(27-16-12-9-13-17-27)28-20-30(47-3)29(21-31(28)48(44,45)25-36)46-23-32(40)38-34(26-14-10-8-11-15-26)35(43)37-22-33(41)42/h8-17,20-21,34H,4-7,18-19,22-25H2,1-3H3,(H,37,43)(H,38,40)(H,41,42)/t34-/m1/s1/i9D,12D,13D,16D,17D. The number of nitrogens with one attached hydrogen (secondary N) is 2. The van der Waals surface area contributed by atoms with E-state index in [4.69, 9.17) is 16.7 Å². The quantitative estimate of drug-likeness (QED) is 0.150. The Morgan fingerprint density at radius 2 is 1.73 bits per heavy atom. The van der Waals surface area contributed by atoms with Gasteiger partial charge in [-0.15, -0.1) is 11.8 Å². The molecule has 0 aromatic heterocycles. The molecule has 1 atom stereocenters. The van der Waals surface area contributed by atoms with Crippen LogP contribution in [0.2, 0.25) is 0 Å². The molecule has 258 valence electrons. The summed E-state index contributed by atoms with van der Waals surface area (Å²) in [6, 6.07) is 7.29. The largest absolute Gasteiger partial charge is 0.483 e. The van der Waals surface area contributed by atoms with E-state index in [1.54, 1.807) is 47.6 Å². The number of hydrogen-bond donors (Lipinski definition) is 3. The first-order chi connectivity index (χ1) is 25.1. The van der Waals surface area contributed by atoms with Crippen molar-refractivity contribution in [2.24, 2.45) is 5.41 Å². The lowest BCUT2D eigenvalue weighted by atomic mass is 9.79. The number of ether oxygens (including phenoxy) is 1. The molecule has 0 unspecified atom stereocenters. The van der Waals surface area contributed by atoms with Crippen molar-refractivity contribution in [3.8, 4) is 5.75 Å². The number of carbonyl (C=O) groups is 3. The number of benzene rings is 3. The number of carboxylic acids is 1. The summed E-state index contributed by atoms with van der Waals surface area (Å²) in [6.07, 6.45) is 5.85. The molecule has 0 spiro atoms. The molecule has 0 saturated carbocycles. The maximum atomic E-state index is 14.5. The van der Waals surface area contributed by atoms with E-state index in [-0.39, 0.29) is 34.3 Å². The van der Waals surface area contributed by atoms with Crippen molar-refractivity contribution >= 4 is 50.8 Å². The van der Waals surface area contributed by atoms with Crippen molar-refractivity contribution in [1.82, 2.24) is 10.6 Å². The van der Waals surface area contributed by atoms with Crippen LogP contribution in [0, 0.1) is 5.41 Å². The average Bonchev–Trinajstić information content (AvgIpc) is 3.23. The summed E-state index contributed by atoms with van der Waals surface area (Å²) < 4.78 is 77.6. The smallest absolute Gasteiger partial charge is 0.322 e. The summed E-state index contributed by atoms with van der Waals surface area (Å²) in [7, 11) is -4.09. The molecular formula is C36H45N3O7S2. The van der Waals surface area contributed by atoms with Gasteiger partial charge in [-0.25, -0.2) is 8.42 Å². The van der Waals surface area contributed by atoms with E-state index in [2.05, 4.69) is 10.6 Å². The summed E-state index contributed by atoms with van der Waals surface area (Å²) in [4.78, 5) is 39.0. The lowest BCUT2D eigenvalue weighted by molar-refractivity contribution is -0.138. The van der Waals surface area contributed by atoms with Crippen LogP contribution >= 0.6 is 11.8 Å². The van der Waals surface area contributed by atoms with E-state index in [0.717, 1.165) is 25.7 Å². The van der Waals surface area contributed by atoms with Crippen LogP contribution in [0.5, 0.6) is 5.75 Å². The lowest BCUT2D eigenvalue weighted by Gasteiger charge is -2.37. The van der Waals surface area contributed by atoms with Gasteiger partial charge in [0.25, 0.3) is 5.91 Å². The fourth-order valence-corrected chi connectivity index (χ4v) is 8.54. The van der Waals surface area contributed by atoms with Gasteiger partial charge in [0, 0.05) is 23.7 Å². The van der Waals surface area contributed by atoms with Gasteiger partial charge in [0.1, 0.15) is 18.3 Å². The predicted molar refractivity (Wildman–Crippen MR) is 189 cm³/mol. The van der Waals surface area contributed by atoms with Crippen molar-refractivity contribution in [2.45, 2.75) is 68.2 Å². The zero-order valence-electron chi connectivity index (χ0n) is 32.4. The Bertz CT molecular complexity index is 1910. The SMILES string of the molecule is [2H]c1c([2H])c([2H])c(N2CC(CCCC)(CCCC)CS(=O)(=O)c3cc(OCC(=O)N[C@@H](C(=O)NCC(=O)O)c4ccccc4)c(SC)cc32)c([2H])c1[2H]. The maximum absolute atomic E-state index is 14.5. The molecular weight excluding hydrogens is 651 g/mol. The Kier molecular flexibility index (Phi) is 10.6. The number of rotatable bonds is 16. The van der Waals surface area contributed by atoms with E-state index in [1.807, 2.05) is 13.8 Å². The van der Waals surface area contributed by atoms with Crippen molar-refractivity contribution in [1.29, 1.82) is 0 Å². The Labute approximate surface area is 294 Å². The zero-order chi connectivity index (χ0) is 39.1. The second kappa shape index (κ2) is 16.9. The number of unbranched alkanes of at least 4 members (excludes halogenated alkanes) is 2. The average molecular weight is 701 g/mol. The number of amides is 2. The first-order valence-electron chi connectivity index (χ1n) is 18.4. The number of nitrogens with zero attached hydrogens (tertiary/aromatic N) is 1. The fraction of sp³-hybridized carbons (Fsp3) is 0.417. The molecule has 0 aliphatic carbocycles. The van der Waals surface area contributed by atoms with Gasteiger partial charge >= 0.3 is 5.97 Å². The van der Waals surface area contributed by atoms with Gasteiger partial charge in [-0.05, 0) is 42.8 Å². The van der Waals surface area contributed by atoms with Crippen LogP contribution in [0.3, 0.4) is 0 Å². The van der Waals surface area contributed by atoms with Crippen LogP contribution in [0.25, 0.3) is 0 Å². The van der Waals surface area contributed by atoms with Crippen LogP contribution in [0.1, 0.15) is 70.8 Å². The van der Waals surface area contributed by atoms with E-state index in [1.165, 1.54) is 17.8 Å². The first kappa shape index (κ1) is 30.1. The lowest BCUT2D eigenvalue weighted by Crippen LogP contribution is -2.43. The van der Waals surface area contributed by atoms with Crippen molar-refractivity contribution in [2.75, 3.05) is 36.6 Å². The summed E-state index contributed by atoms with van der Waals surface area (Å²) in [5.74, 6) is -2.95. The fourth-order valence-electron chi connectivity index (χ4n) is 5.88. The minimum Gasteiger partial charge on any atom is -0.483 e. The second-order valence-electron chi connectivity index (χ2n) is 11.8.